The minimum absolute atomic E-state index is 0.295. The molecule has 0 saturated carbocycles. The Kier molecular flexibility index (Phi) is 10.6. The van der Waals surface area contributed by atoms with Gasteiger partial charge in [0.25, 0.3) is 0 Å². The molecule has 0 spiro atoms. The number of hydrogen-bond acceptors (Lipinski definition) is 3. The molecule has 0 unspecified atom stereocenters. The average Bonchev–Trinajstić information content (AvgIpc) is 2.37. The highest BCUT2D eigenvalue weighted by Gasteiger charge is 2.14. The zero-order valence-electron chi connectivity index (χ0n) is 12.0. The molecule has 0 radical (unpaired) electrons. The minimum Gasteiger partial charge on any atom is -0.369 e. The third-order valence-electron chi connectivity index (χ3n) is 3.08. The molecule has 0 bridgehead atoms. The van der Waals surface area contributed by atoms with Gasteiger partial charge in [0, 0.05) is 6.42 Å². The zero-order chi connectivity index (χ0) is 14.5. The zero-order valence-corrected chi connectivity index (χ0v) is 12.0. The fraction of sp³-hybridized carbons (Fsp3) is 0.786. The number of nitrogens with two attached hydrogens (primary N) is 1. The SMILES string of the molecule is CCCCCCCCCCCC(=O)N(C#N)C(=N)N. The smallest absolute Gasteiger partial charge is 0.242 e. The fourth-order valence-corrected chi connectivity index (χ4v) is 1.94. The molecular weight excluding hydrogens is 240 g/mol. The monoisotopic (exact) mass is 266 g/mol. The number of rotatable bonds is 10. The molecule has 1 amide bonds. The van der Waals surface area contributed by atoms with E-state index in [4.69, 9.17) is 16.4 Å². The van der Waals surface area contributed by atoms with Gasteiger partial charge in [-0.05, 0) is 6.42 Å². The van der Waals surface area contributed by atoms with Crippen molar-refractivity contribution < 1.29 is 4.79 Å². The summed E-state index contributed by atoms with van der Waals surface area (Å²) in [5, 5.41) is 15.7. The van der Waals surface area contributed by atoms with Crippen molar-refractivity contribution in [3.8, 4) is 6.19 Å². The minimum atomic E-state index is -0.497. The molecule has 0 heterocycles. The summed E-state index contributed by atoms with van der Waals surface area (Å²) in [4.78, 5) is 12.1. The Morgan fingerprint density at radius 2 is 1.58 bits per heavy atom. The molecular formula is C14H26N4O. The number of unbranched alkanes of at least 4 members (excludes halogenated alkanes) is 8. The Hall–Kier alpha value is -1.57. The highest BCUT2D eigenvalue weighted by Crippen LogP contribution is 2.11. The van der Waals surface area contributed by atoms with Gasteiger partial charge in [0.05, 0.1) is 0 Å². The van der Waals surface area contributed by atoms with Crippen LogP contribution in [0.15, 0.2) is 0 Å². The van der Waals surface area contributed by atoms with Gasteiger partial charge in [-0.3, -0.25) is 10.2 Å². The first-order chi connectivity index (χ1) is 9.13. The maximum absolute atomic E-state index is 11.5. The number of nitriles is 1. The summed E-state index contributed by atoms with van der Waals surface area (Å²) >= 11 is 0. The van der Waals surface area contributed by atoms with Gasteiger partial charge < -0.3 is 5.73 Å². The Balaban J connectivity index is 3.47. The molecule has 0 aliphatic heterocycles. The van der Waals surface area contributed by atoms with E-state index in [-0.39, 0.29) is 5.91 Å². The van der Waals surface area contributed by atoms with Crippen molar-refractivity contribution >= 4 is 11.9 Å². The van der Waals surface area contributed by atoms with Crippen LogP contribution in [0.4, 0.5) is 0 Å². The Labute approximate surface area is 116 Å². The third-order valence-corrected chi connectivity index (χ3v) is 3.08. The summed E-state index contributed by atoms with van der Waals surface area (Å²) in [7, 11) is 0. The first-order valence-corrected chi connectivity index (χ1v) is 7.20. The van der Waals surface area contributed by atoms with Gasteiger partial charge in [-0.2, -0.15) is 10.2 Å². The third kappa shape index (κ3) is 9.06. The van der Waals surface area contributed by atoms with Crippen LogP contribution in [0.3, 0.4) is 0 Å². The molecule has 0 aromatic heterocycles. The second kappa shape index (κ2) is 11.5. The van der Waals surface area contributed by atoms with E-state index in [1.165, 1.54) is 38.5 Å². The van der Waals surface area contributed by atoms with Crippen LogP contribution >= 0.6 is 0 Å². The average molecular weight is 266 g/mol. The molecule has 0 aromatic rings. The van der Waals surface area contributed by atoms with Crippen molar-refractivity contribution in [2.45, 2.75) is 71.1 Å². The van der Waals surface area contributed by atoms with Crippen molar-refractivity contribution in [1.82, 2.24) is 4.90 Å². The molecule has 0 aliphatic carbocycles. The molecule has 0 fully saturated rings. The lowest BCUT2D eigenvalue weighted by Gasteiger charge is -2.10. The largest absolute Gasteiger partial charge is 0.369 e. The normalized spacial score (nSPS) is 9.89. The van der Waals surface area contributed by atoms with Crippen LogP contribution in [0.5, 0.6) is 0 Å². The fourth-order valence-electron chi connectivity index (χ4n) is 1.94. The Morgan fingerprint density at radius 3 is 2.00 bits per heavy atom. The van der Waals surface area contributed by atoms with E-state index < -0.39 is 5.96 Å². The summed E-state index contributed by atoms with van der Waals surface area (Å²) in [5.74, 6) is -0.874. The molecule has 0 saturated heterocycles. The molecule has 0 aliphatic rings. The quantitative estimate of drug-likeness (QED) is 0.209. The summed E-state index contributed by atoms with van der Waals surface area (Å²) < 4.78 is 0. The van der Waals surface area contributed by atoms with Crippen molar-refractivity contribution in [3.63, 3.8) is 0 Å². The standard InChI is InChI=1S/C14H26N4O/c1-2-3-4-5-6-7-8-9-10-11-13(19)18(12-15)14(16)17/h2-11H2,1H3,(H3,16,17). The topological polar surface area (TPSA) is 94.0 Å². The molecule has 108 valence electrons. The van der Waals surface area contributed by atoms with Gasteiger partial charge in [-0.25, -0.2) is 0 Å². The summed E-state index contributed by atoms with van der Waals surface area (Å²) in [6, 6.07) is 0. The number of guanidine groups is 1. The number of nitrogens with zero attached hydrogens (tertiary/aromatic N) is 2. The van der Waals surface area contributed by atoms with Crippen molar-refractivity contribution in [2.75, 3.05) is 0 Å². The van der Waals surface area contributed by atoms with E-state index in [1.54, 1.807) is 6.19 Å². The molecule has 19 heavy (non-hydrogen) atoms. The lowest BCUT2D eigenvalue weighted by Crippen LogP contribution is -2.37. The predicted molar refractivity (Wildman–Crippen MR) is 76.2 cm³/mol. The number of nitrogens with one attached hydrogen (secondary N) is 1. The summed E-state index contributed by atoms with van der Waals surface area (Å²) in [6.07, 6.45) is 12.5. The molecule has 0 atom stereocenters. The highest BCUT2D eigenvalue weighted by molar-refractivity contribution is 5.96. The first-order valence-electron chi connectivity index (χ1n) is 7.20. The predicted octanol–water partition coefficient (Wildman–Crippen LogP) is 3.11. The number of amides is 1. The lowest BCUT2D eigenvalue weighted by atomic mass is 10.1. The highest BCUT2D eigenvalue weighted by atomic mass is 16.2. The summed E-state index contributed by atoms with van der Waals surface area (Å²) in [6.45, 7) is 2.21. The maximum Gasteiger partial charge on any atom is 0.242 e. The van der Waals surface area contributed by atoms with Gasteiger partial charge in [0.1, 0.15) is 0 Å². The molecule has 3 N–H and O–H groups in total. The molecule has 0 aromatic carbocycles. The van der Waals surface area contributed by atoms with Gasteiger partial charge in [-0.1, -0.05) is 58.3 Å². The van der Waals surface area contributed by atoms with E-state index in [1.807, 2.05) is 0 Å². The van der Waals surface area contributed by atoms with Crippen LogP contribution in [-0.2, 0) is 4.79 Å². The molecule has 5 heteroatoms. The number of hydrogen-bond donors (Lipinski definition) is 2. The van der Waals surface area contributed by atoms with Crippen molar-refractivity contribution in [3.05, 3.63) is 0 Å². The van der Waals surface area contributed by atoms with E-state index in [9.17, 15) is 4.79 Å². The van der Waals surface area contributed by atoms with E-state index in [0.717, 1.165) is 19.3 Å². The molecule has 5 nitrogen and oxygen atoms in total. The number of carbonyl (C=O) groups excluding carboxylic acids is 1. The van der Waals surface area contributed by atoms with Crippen LogP contribution in [-0.4, -0.2) is 16.8 Å². The van der Waals surface area contributed by atoms with E-state index in [2.05, 4.69) is 6.92 Å². The van der Waals surface area contributed by atoms with Crippen LogP contribution < -0.4 is 5.73 Å². The second-order valence-electron chi connectivity index (χ2n) is 4.79. The van der Waals surface area contributed by atoms with Crippen LogP contribution in [0, 0.1) is 16.9 Å². The van der Waals surface area contributed by atoms with Crippen molar-refractivity contribution in [2.24, 2.45) is 5.73 Å². The first kappa shape index (κ1) is 17.4. The van der Waals surface area contributed by atoms with E-state index in [0.29, 0.717) is 11.3 Å². The van der Waals surface area contributed by atoms with Crippen LogP contribution in [0.2, 0.25) is 0 Å². The van der Waals surface area contributed by atoms with Gasteiger partial charge in [0.2, 0.25) is 11.9 Å². The Bertz CT molecular complexity index is 309. The maximum atomic E-state index is 11.5. The van der Waals surface area contributed by atoms with Gasteiger partial charge >= 0.3 is 0 Å². The second-order valence-corrected chi connectivity index (χ2v) is 4.79. The molecule has 0 rings (SSSR count). The van der Waals surface area contributed by atoms with Gasteiger partial charge in [-0.15, -0.1) is 0 Å². The Morgan fingerprint density at radius 1 is 1.11 bits per heavy atom. The van der Waals surface area contributed by atoms with Crippen molar-refractivity contribution in [1.29, 1.82) is 10.7 Å². The number of carbonyl (C=O) groups is 1. The van der Waals surface area contributed by atoms with Crippen LogP contribution in [0.1, 0.15) is 71.1 Å². The lowest BCUT2D eigenvalue weighted by molar-refractivity contribution is -0.125. The van der Waals surface area contributed by atoms with E-state index >= 15 is 0 Å². The summed E-state index contributed by atoms with van der Waals surface area (Å²) in [5.41, 5.74) is 5.12. The van der Waals surface area contributed by atoms with Crippen LogP contribution in [0.25, 0.3) is 0 Å². The van der Waals surface area contributed by atoms with Gasteiger partial charge in [0.15, 0.2) is 6.19 Å².